The normalized spacial score (nSPS) is 14.4. The number of amides is 2. The average molecular weight is 521 g/mol. The van der Waals surface area contributed by atoms with Crippen molar-refractivity contribution in [3.05, 3.63) is 75.0 Å². The summed E-state index contributed by atoms with van der Waals surface area (Å²) < 4.78 is 6.32. The van der Waals surface area contributed by atoms with Crippen LogP contribution in [0.2, 0.25) is 5.02 Å². The minimum Gasteiger partial charge on any atom is -0.348 e. The number of halogens is 1. The van der Waals surface area contributed by atoms with Crippen LogP contribution in [0.4, 0.5) is 0 Å². The molecule has 4 heterocycles. The second-order valence-corrected chi connectivity index (χ2v) is 10.4. The van der Waals surface area contributed by atoms with Crippen LogP contribution in [0, 0.1) is 12.3 Å². The van der Waals surface area contributed by atoms with E-state index < -0.39 is 11.5 Å². The highest BCUT2D eigenvalue weighted by molar-refractivity contribution is 6.30. The van der Waals surface area contributed by atoms with Crippen LogP contribution in [-0.2, 0) is 17.9 Å². The molecule has 1 N–H and O–H groups in total. The molecular weight excluding hydrogens is 496 g/mol. The lowest BCUT2D eigenvalue weighted by molar-refractivity contribution is -0.142. The number of fused-ring (bicyclic) bond motifs is 1. The van der Waals surface area contributed by atoms with Crippen LogP contribution in [0.15, 0.2) is 51.9 Å². The monoisotopic (exact) mass is 520 g/mol. The highest BCUT2D eigenvalue weighted by atomic mass is 35.5. The Morgan fingerprint density at radius 3 is 2.54 bits per heavy atom. The molecule has 10 nitrogen and oxygen atoms in total. The van der Waals surface area contributed by atoms with E-state index in [1.807, 2.05) is 0 Å². The van der Waals surface area contributed by atoms with Crippen molar-refractivity contribution in [2.24, 2.45) is 5.41 Å². The Bertz CT molecular complexity index is 1570. The first-order valence-corrected chi connectivity index (χ1v) is 12.1. The van der Waals surface area contributed by atoms with E-state index >= 15 is 0 Å². The van der Waals surface area contributed by atoms with Gasteiger partial charge < -0.3 is 14.7 Å². The van der Waals surface area contributed by atoms with E-state index in [2.05, 4.69) is 34.3 Å². The maximum Gasteiger partial charge on any atom is 0.265 e. The fraction of sp³-hybridized carbons (Fsp3) is 0.308. The number of nitrogens with zero attached hydrogens (tertiary/aromatic N) is 5. The number of hydrogen-bond acceptors (Lipinski definition) is 7. The number of aryl methyl sites for hydroxylation is 1. The summed E-state index contributed by atoms with van der Waals surface area (Å²) in [5.74, 6) is -0.0438. The number of rotatable bonds is 6. The van der Waals surface area contributed by atoms with Crippen LogP contribution < -0.4 is 10.9 Å². The van der Waals surface area contributed by atoms with E-state index in [1.165, 1.54) is 16.8 Å². The first-order valence-electron chi connectivity index (χ1n) is 11.7. The number of aromatic nitrogens is 4. The predicted octanol–water partition coefficient (Wildman–Crippen LogP) is 3.21. The van der Waals surface area contributed by atoms with Gasteiger partial charge in [-0.25, -0.2) is 4.98 Å². The molecule has 190 valence electrons. The van der Waals surface area contributed by atoms with Crippen molar-refractivity contribution in [2.75, 3.05) is 13.1 Å². The maximum atomic E-state index is 13.5. The van der Waals surface area contributed by atoms with E-state index in [-0.39, 0.29) is 35.6 Å². The van der Waals surface area contributed by atoms with Gasteiger partial charge in [-0.3, -0.25) is 19.0 Å². The summed E-state index contributed by atoms with van der Waals surface area (Å²) in [6.07, 6.45) is 1.51. The lowest BCUT2D eigenvalue weighted by Gasteiger charge is -2.45. The van der Waals surface area contributed by atoms with Crippen molar-refractivity contribution >= 4 is 34.4 Å². The molecule has 0 spiro atoms. The van der Waals surface area contributed by atoms with Gasteiger partial charge in [-0.1, -0.05) is 42.7 Å². The molecule has 37 heavy (non-hydrogen) atoms. The fourth-order valence-corrected chi connectivity index (χ4v) is 4.52. The van der Waals surface area contributed by atoms with Gasteiger partial charge in [0.15, 0.2) is 0 Å². The number of carbonyl (C=O) groups excluding carboxylic acids is 2. The molecule has 1 aliphatic heterocycles. The number of hydrogen-bond donors (Lipinski definition) is 1. The van der Waals surface area contributed by atoms with Crippen molar-refractivity contribution < 1.29 is 14.1 Å². The molecule has 0 radical (unpaired) electrons. The van der Waals surface area contributed by atoms with Crippen LogP contribution in [0.3, 0.4) is 0 Å². The first kappa shape index (κ1) is 24.6. The van der Waals surface area contributed by atoms with E-state index in [0.29, 0.717) is 40.8 Å². The molecule has 2 amide bonds. The van der Waals surface area contributed by atoms with Crippen LogP contribution >= 0.6 is 11.6 Å². The third kappa shape index (κ3) is 5.10. The molecule has 0 unspecified atom stereocenters. The van der Waals surface area contributed by atoms with Gasteiger partial charge in [-0.05, 0) is 35.2 Å². The predicted molar refractivity (Wildman–Crippen MR) is 137 cm³/mol. The maximum absolute atomic E-state index is 13.5. The Morgan fingerprint density at radius 1 is 1.16 bits per heavy atom. The van der Waals surface area contributed by atoms with Gasteiger partial charge in [0.05, 0.1) is 0 Å². The molecule has 11 heteroatoms. The molecule has 0 bridgehead atoms. The average Bonchev–Trinajstić information content (AvgIpc) is 3.29. The van der Waals surface area contributed by atoms with Gasteiger partial charge in [0.25, 0.3) is 11.5 Å². The Morgan fingerprint density at radius 2 is 1.89 bits per heavy atom. The van der Waals surface area contributed by atoms with Gasteiger partial charge in [0.1, 0.15) is 17.8 Å². The molecule has 0 aliphatic carbocycles. The molecule has 1 aliphatic rings. The molecular formula is C26H25ClN6O4. The standard InChI is InChI=1S/C26H25ClN6O4/c1-15-30-22(31-37-15)18-8-17-9-20(24(35)29-10-16-4-6-19(27)7-5-16)25(36)33(23(17)28-11-18)12-21(34)32-13-26(2,3)14-32/h4-9,11H,10,12-14H2,1-3H3,(H,29,35). The zero-order valence-corrected chi connectivity index (χ0v) is 21.4. The van der Waals surface area contributed by atoms with Crippen LogP contribution in [0.1, 0.15) is 35.7 Å². The van der Waals surface area contributed by atoms with Gasteiger partial charge >= 0.3 is 0 Å². The zero-order valence-electron chi connectivity index (χ0n) is 20.6. The Labute approximate surface area is 217 Å². The topological polar surface area (TPSA) is 123 Å². The molecule has 1 saturated heterocycles. The minimum absolute atomic E-state index is 0.0436. The number of benzene rings is 1. The molecule has 1 aromatic carbocycles. The third-order valence-corrected chi connectivity index (χ3v) is 6.46. The lowest BCUT2D eigenvalue weighted by Crippen LogP contribution is -2.56. The molecule has 3 aromatic heterocycles. The Balaban J connectivity index is 1.51. The van der Waals surface area contributed by atoms with E-state index in [1.54, 1.807) is 42.2 Å². The van der Waals surface area contributed by atoms with Gasteiger partial charge in [-0.15, -0.1) is 0 Å². The fourth-order valence-electron chi connectivity index (χ4n) is 4.39. The summed E-state index contributed by atoms with van der Waals surface area (Å²) in [5.41, 5.74) is 1.02. The number of carbonyl (C=O) groups is 2. The molecule has 0 saturated carbocycles. The van der Waals surface area contributed by atoms with Crippen molar-refractivity contribution in [1.82, 2.24) is 29.9 Å². The smallest absolute Gasteiger partial charge is 0.265 e. The van der Waals surface area contributed by atoms with Crippen molar-refractivity contribution in [2.45, 2.75) is 33.9 Å². The Kier molecular flexibility index (Phi) is 6.28. The zero-order chi connectivity index (χ0) is 26.3. The van der Waals surface area contributed by atoms with Crippen LogP contribution in [0.25, 0.3) is 22.4 Å². The Hall–Kier alpha value is -4.05. The van der Waals surface area contributed by atoms with Crippen molar-refractivity contribution in [3.8, 4) is 11.4 Å². The summed E-state index contributed by atoms with van der Waals surface area (Å²) >= 11 is 5.93. The summed E-state index contributed by atoms with van der Waals surface area (Å²) in [6, 6.07) is 10.2. The molecule has 4 aromatic rings. The second kappa shape index (κ2) is 9.44. The SMILES string of the molecule is Cc1nc(-c2cnc3c(c2)cc(C(=O)NCc2ccc(Cl)cc2)c(=O)n3CC(=O)N2CC(C)(C)C2)no1. The summed E-state index contributed by atoms with van der Waals surface area (Å²) in [4.78, 5) is 49.9. The van der Waals surface area contributed by atoms with Crippen molar-refractivity contribution in [1.29, 1.82) is 0 Å². The number of pyridine rings is 2. The lowest BCUT2D eigenvalue weighted by atomic mass is 9.84. The largest absolute Gasteiger partial charge is 0.348 e. The van der Waals surface area contributed by atoms with Gasteiger partial charge in [0, 0.05) is 48.7 Å². The van der Waals surface area contributed by atoms with Crippen molar-refractivity contribution in [3.63, 3.8) is 0 Å². The summed E-state index contributed by atoms with van der Waals surface area (Å²) in [6.45, 7) is 7.02. The number of nitrogens with one attached hydrogen (secondary N) is 1. The highest BCUT2D eigenvalue weighted by Gasteiger charge is 2.37. The number of likely N-dealkylation sites (tertiary alicyclic amines) is 1. The third-order valence-electron chi connectivity index (χ3n) is 6.21. The summed E-state index contributed by atoms with van der Waals surface area (Å²) in [7, 11) is 0. The highest BCUT2D eigenvalue weighted by Crippen LogP contribution is 2.29. The molecule has 0 atom stereocenters. The molecule has 5 rings (SSSR count). The van der Waals surface area contributed by atoms with E-state index in [9.17, 15) is 14.4 Å². The van der Waals surface area contributed by atoms with E-state index in [0.717, 1.165) is 5.56 Å². The van der Waals surface area contributed by atoms with E-state index in [4.69, 9.17) is 16.1 Å². The quantitative estimate of drug-likeness (QED) is 0.414. The molecule has 1 fully saturated rings. The van der Waals surface area contributed by atoms with Gasteiger partial charge in [0.2, 0.25) is 17.6 Å². The minimum atomic E-state index is -0.593. The first-order chi connectivity index (χ1) is 17.6. The van der Waals surface area contributed by atoms with Crippen LogP contribution in [-0.4, -0.2) is 49.5 Å². The van der Waals surface area contributed by atoms with Crippen LogP contribution in [0.5, 0.6) is 0 Å². The second-order valence-electron chi connectivity index (χ2n) is 9.95. The van der Waals surface area contributed by atoms with Gasteiger partial charge in [-0.2, -0.15) is 4.98 Å². The summed E-state index contributed by atoms with van der Waals surface area (Å²) in [5, 5.41) is 7.77.